The minimum Gasteiger partial charge on any atom is -0.378 e. The molecule has 5 rings (SSSR count). The Hall–Kier alpha value is -1.90. The number of fused-ring (bicyclic) bond motifs is 4. The Labute approximate surface area is 174 Å². The lowest BCUT2D eigenvalue weighted by Gasteiger charge is -2.53. The zero-order chi connectivity index (χ0) is 20.3. The summed E-state index contributed by atoms with van der Waals surface area (Å²) in [6, 6.07) is 9.05. The van der Waals surface area contributed by atoms with E-state index in [0.717, 1.165) is 44.9 Å². The highest BCUT2D eigenvalue weighted by Gasteiger charge is 2.57. The van der Waals surface area contributed by atoms with Gasteiger partial charge in [0.1, 0.15) is 11.6 Å². The fourth-order valence-corrected chi connectivity index (χ4v) is 7.24. The van der Waals surface area contributed by atoms with E-state index in [-0.39, 0.29) is 5.41 Å². The average molecular weight is 392 g/mol. The molecule has 2 fully saturated rings. The number of carbonyl (C=O) groups is 2. The molecule has 0 bridgehead atoms. The number of allylic oxidation sites excluding steroid dienone is 2. The van der Waals surface area contributed by atoms with Crippen molar-refractivity contribution in [2.75, 3.05) is 19.0 Å². The Morgan fingerprint density at radius 2 is 1.72 bits per heavy atom. The van der Waals surface area contributed by atoms with Crippen LogP contribution in [-0.4, -0.2) is 25.7 Å². The van der Waals surface area contributed by atoms with Gasteiger partial charge >= 0.3 is 0 Å². The molecule has 29 heavy (non-hydrogen) atoms. The summed E-state index contributed by atoms with van der Waals surface area (Å²) >= 11 is 0. The maximum atomic E-state index is 12.8. The highest BCUT2D eigenvalue weighted by molar-refractivity contribution is 5.87. The zero-order valence-electron chi connectivity index (χ0n) is 18.0. The van der Waals surface area contributed by atoms with Crippen LogP contribution in [0.2, 0.25) is 0 Å². The molecule has 5 atom stereocenters. The summed E-state index contributed by atoms with van der Waals surface area (Å²) in [4.78, 5) is 27.2. The molecule has 0 amide bonds. The number of benzene rings is 1. The van der Waals surface area contributed by atoms with Crippen LogP contribution < -0.4 is 4.90 Å². The molecular weight excluding hydrogens is 358 g/mol. The van der Waals surface area contributed by atoms with E-state index in [4.69, 9.17) is 0 Å². The van der Waals surface area contributed by atoms with Gasteiger partial charge < -0.3 is 4.90 Å². The van der Waals surface area contributed by atoms with Crippen LogP contribution in [-0.2, 0) is 9.59 Å². The Bertz CT molecular complexity index is 880. The van der Waals surface area contributed by atoms with E-state index >= 15 is 0 Å². The molecule has 0 heterocycles. The molecule has 2 saturated carbocycles. The van der Waals surface area contributed by atoms with Gasteiger partial charge in [0.25, 0.3) is 0 Å². The van der Waals surface area contributed by atoms with Crippen LogP contribution >= 0.6 is 0 Å². The summed E-state index contributed by atoms with van der Waals surface area (Å²) in [5, 5.41) is 0. The maximum Gasteiger partial charge on any atom is 0.139 e. The van der Waals surface area contributed by atoms with E-state index in [1.165, 1.54) is 16.8 Å². The Morgan fingerprint density at radius 1 is 0.966 bits per heavy atom. The monoisotopic (exact) mass is 391 g/mol. The lowest BCUT2D eigenvalue weighted by atomic mass is 9.51. The van der Waals surface area contributed by atoms with Gasteiger partial charge in [-0.2, -0.15) is 0 Å². The van der Waals surface area contributed by atoms with Gasteiger partial charge in [0.2, 0.25) is 0 Å². The van der Waals surface area contributed by atoms with Crippen LogP contribution in [0.5, 0.6) is 0 Å². The third-order valence-corrected chi connectivity index (χ3v) is 8.80. The average Bonchev–Trinajstić information content (AvgIpc) is 3.02. The minimum atomic E-state index is -0.120. The zero-order valence-corrected chi connectivity index (χ0v) is 18.0. The van der Waals surface area contributed by atoms with Crippen LogP contribution in [0, 0.1) is 23.2 Å². The first-order valence-corrected chi connectivity index (χ1v) is 11.4. The Balaban J connectivity index is 1.58. The molecule has 0 saturated heterocycles. The number of carbonyl (C=O) groups excluding carboxylic acids is 2. The molecule has 0 spiro atoms. The number of hydrogen-bond acceptors (Lipinski definition) is 3. The summed E-state index contributed by atoms with van der Waals surface area (Å²) < 4.78 is 0. The third kappa shape index (κ3) is 2.92. The van der Waals surface area contributed by atoms with Gasteiger partial charge in [0.05, 0.1) is 0 Å². The molecule has 0 N–H and O–H groups in total. The first-order valence-electron chi connectivity index (χ1n) is 11.4. The SMILES string of the molecule is CN(C)c1ccc([C@@H]2CC3=C(CCC(=O)C3)[C@H]3CC[C@]4(C)C(=O)CC[C@H]4[C@@H]32)cc1. The van der Waals surface area contributed by atoms with E-state index in [1.54, 1.807) is 5.57 Å². The summed E-state index contributed by atoms with van der Waals surface area (Å²) in [5.41, 5.74) is 5.55. The number of anilines is 1. The predicted octanol–water partition coefficient (Wildman–Crippen LogP) is 5.30. The molecule has 1 aromatic rings. The third-order valence-electron chi connectivity index (χ3n) is 8.80. The quantitative estimate of drug-likeness (QED) is 0.642. The maximum absolute atomic E-state index is 12.8. The van der Waals surface area contributed by atoms with E-state index in [1.807, 2.05) is 0 Å². The van der Waals surface area contributed by atoms with Crippen LogP contribution in [0.4, 0.5) is 5.69 Å². The second-order valence-electron chi connectivity index (χ2n) is 10.3. The lowest BCUT2D eigenvalue weighted by molar-refractivity contribution is -0.130. The first-order chi connectivity index (χ1) is 13.9. The second-order valence-corrected chi connectivity index (χ2v) is 10.3. The molecule has 4 aliphatic rings. The summed E-state index contributed by atoms with van der Waals surface area (Å²) in [7, 11) is 4.15. The normalized spacial score (nSPS) is 36.5. The Morgan fingerprint density at radius 3 is 2.45 bits per heavy atom. The van der Waals surface area contributed by atoms with Crippen molar-refractivity contribution in [2.24, 2.45) is 23.2 Å². The molecule has 0 aliphatic heterocycles. The van der Waals surface area contributed by atoms with Crippen molar-refractivity contribution in [3.63, 3.8) is 0 Å². The van der Waals surface area contributed by atoms with Crippen LogP contribution in [0.25, 0.3) is 0 Å². The van der Waals surface area contributed by atoms with E-state index in [0.29, 0.717) is 41.7 Å². The minimum absolute atomic E-state index is 0.120. The number of rotatable bonds is 2. The van der Waals surface area contributed by atoms with Crippen molar-refractivity contribution in [1.29, 1.82) is 0 Å². The van der Waals surface area contributed by atoms with Gasteiger partial charge in [-0.3, -0.25) is 9.59 Å². The molecule has 3 nitrogen and oxygen atoms in total. The lowest BCUT2D eigenvalue weighted by Crippen LogP contribution is -2.46. The van der Waals surface area contributed by atoms with Gasteiger partial charge in [-0.25, -0.2) is 0 Å². The van der Waals surface area contributed by atoms with Crippen molar-refractivity contribution < 1.29 is 9.59 Å². The molecule has 0 unspecified atom stereocenters. The molecule has 0 aromatic heterocycles. The number of Topliss-reactive ketones (excluding diaryl/α,β-unsaturated/α-hetero) is 2. The molecule has 4 aliphatic carbocycles. The largest absolute Gasteiger partial charge is 0.378 e. The van der Waals surface area contributed by atoms with E-state index < -0.39 is 0 Å². The first kappa shape index (κ1) is 19.1. The van der Waals surface area contributed by atoms with Crippen molar-refractivity contribution >= 4 is 17.3 Å². The van der Waals surface area contributed by atoms with Gasteiger partial charge in [-0.1, -0.05) is 30.2 Å². The van der Waals surface area contributed by atoms with E-state index in [9.17, 15) is 9.59 Å². The number of ketones is 2. The van der Waals surface area contributed by atoms with Crippen molar-refractivity contribution in [2.45, 2.75) is 64.2 Å². The van der Waals surface area contributed by atoms with Crippen molar-refractivity contribution in [3.8, 4) is 0 Å². The molecule has 3 heteroatoms. The fraction of sp³-hybridized carbons (Fsp3) is 0.615. The Kier molecular flexibility index (Phi) is 4.49. The van der Waals surface area contributed by atoms with Crippen LogP contribution in [0.1, 0.15) is 69.8 Å². The molecular formula is C26H33NO2. The van der Waals surface area contributed by atoms with Gasteiger partial charge in [-0.05, 0) is 73.5 Å². The van der Waals surface area contributed by atoms with Gasteiger partial charge in [0, 0.05) is 44.5 Å². The predicted molar refractivity (Wildman–Crippen MR) is 116 cm³/mol. The summed E-state index contributed by atoms with van der Waals surface area (Å²) in [5.74, 6) is 2.99. The summed E-state index contributed by atoms with van der Waals surface area (Å²) in [6.07, 6.45) is 7.38. The topological polar surface area (TPSA) is 37.4 Å². The second kappa shape index (κ2) is 6.82. The van der Waals surface area contributed by atoms with Gasteiger partial charge in [-0.15, -0.1) is 0 Å². The van der Waals surface area contributed by atoms with Gasteiger partial charge in [0.15, 0.2) is 0 Å². The molecule has 1 aromatic carbocycles. The highest BCUT2D eigenvalue weighted by Crippen LogP contribution is 2.63. The van der Waals surface area contributed by atoms with E-state index in [2.05, 4.69) is 50.2 Å². The van der Waals surface area contributed by atoms with Crippen molar-refractivity contribution in [1.82, 2.24) is 0 Å². The van der Waals surface area contributed by atoms with Crippen LogP contribution in [0.3, 0.4) is 0 Å². The van der Waals surface area contributed by atoms with Crippen molar-refractivity contribution in [3.05, 3.63) is 41.0 Å². The molecule has 154 valence electrons. The van der Waals surface area contributed by atoms with Crippen LogP contribution in [0.15, 0.2) is 35.4 Å². The standard InChI is InChI=1S/C26H33NO2/c1-26-13-12-21-20-9-8-19(28)14-17(20)15-22(25(21)23(26)10-11-24(26)29)16-4-6-18(7-5-16)27(2)3/h4-7,21-23,25H,8-15H2,1-3H3/t21-,22+,23+,25+,26+/m1/s1. The smallest absolute Gasteiger partial charge is 0.139 e. The molecule has 0 radical (unpaired) electrons. The fourth-order valence-electron chi connectivity index (χ4n) is 7.24. The number of hydrogen-bond donors (Lipinski definition) is 0. The summed E-state index contributed by atoms with van der Waals surface area (Å²) in [6.45, 7) is 2.25. The highest BCUT2D eigenvalue weighted by atomic mass is 16.1. The number of nitrogens with zero attached hydrogens (tertiary/aromatic N) is 1.